The second-order valence-electron chi connectivity index (χ2n) is 5.43. The van der Waals surface area contributed by atoms with Crippen molar-refractivity contribution >= 4 is 28.5 Å². The summed E-state index contributed by atoms with van der Waals surface area (Å²) in [7, 11) is 4.50. The number of rotatable bonds is 8. The molecule has 0 radical (unpaired) electrons. The van der Waals surface area contributed by atoms with Gasteiger partial charge in [-0.2, -0.15) is 4.99 Å². The van der Waals surface area contributed by atoms with Gasteiger partial charge < -0.3 is 35.1 Å². The van der Waals surface area contributed by atoms with Gasteiger partial charge >= 0.3 is 5.97 Å². The maximum absolute atomic E-state index is 12.0. The van der Waals surface area contributed by atoms with Crippen molar-refractivity contribution in [1.82, 2.24) is 5.32 Å². The summed E-state index contributed by atoms with van der Waals surface area (Å²) in [5.41, 5.74) is 5.89. The minimum Gasteiger partial charge on any atom is -0.482 e. The predicted molar refractivity (Wildman–Crippen MR) is 118 cm³/mol. The Hall–Kier alpha value is -2.85. The van der Waals surface area contributed by atoms with Crippen molar-refractivity contribution in [3.8, 4) is 5.75 Å². The minimum atomic E-state index is -1.16. The van der Waals surface area contributed by atoms with Gasteiger partial charge in [0.05, 0.1) is 20.3 Å². The van der Waals surface area contributed by atoms with Gasteiger partial charge in [-0.15, -0.1) is 0 Å². The molecule has 166 valence electrons. The molecule has 0 aromatic heterocycles. The Balaban J connectivity index is 0.00000218. The van der Waals surface area contributed by atoms with Crippen LogP contribution >= 0.6 is 11.8 Å². The van der Waals surface area contributed by atoms with E-state index in [2.05, 4.69) is 10.3 Å². The third-order valence-corrected chi connectivity index (χ3v) is 4.85. The number of carbonyl (C=O) groups is 1. The first-order valence-electron chi connectivity index (χ1n) is 9.22. The number of carboxylic acids is 1. The number of aromatic carboxylic acids is 1. The molecule has 1 aromatic rings. The van der Waals surface area contributed by atoms with Crippen LogP contribution in [0.5, 0.6) is 5.75 Å². The van der Waals surface area contributed by atoms with Crippen molar-refractivity contribution in [2.75, 3.05) is 21.3 Å². The van der Waals surface area contributed by atoms with Crippen LogP contribution in [0.25, 0.3) is 4.91 Å². The average molecular weight is 440 g/mol. The van der Waals surface area contributed by atoms with Crippen LogP contribution in [0.4, 0.5) is 0 Å². The molecule has 4 N–H and O–H groups in total. The van der Waals surface area contributed by atoms with Crippen LogP contribution in [0.3, 0.4) is 0 Å². The van der Waals surface area contributed by atoms with Crippen molar-refractivity contribution in [2.45, 2.75) is 32.6 Å². The number of benzene rings is 1. The van der Waals surface area contributed by atoms with Crippen molar-refractivity contribution in [1.29, 1.82) is 0 Å². The largest absolute Gasteiger partial charge is 0.482 e. The molecule has 10 heteroatoms. The molecule has 1 aliphatic rings. The minimum absolute atomic E-state index is 0.0421. The van der Waals surface area contributed by atoms with E-state index in [-0.39, 0.29) is 22.6 Å². The number of hydrogen-bond acceptors (Lipinski definition) is 9. The lowest BCUT2D eigenvalue weighted by Gasteiger charge is -2.24. The second kappa shape index (κ2) is 12.7. The molecular weight excluding hydrogens is 410 g/mol. The number of aliphatic imine (C=N–C) groups is 1. The SMILES string of the molecule is CC.COC1=CC(OC)=NC(Oc2cccc(/C(=C/N)SC(C)OC)c2C(=O)O)N1. The third-order valence-electron chi connectivity index (χ3n) is 3.71. The van der Waals surface area contributed by atoms with E-state index >= 15 is 0 Å². The molecule has 1 aliphatic heterocycles. The fourth-order valence-corrected chi connectivity index (χ4v) is 3.17. The molecule has 0 aliphatic carbocycles. The van der Waals surface area contributed by atoms with Crippen LogP contribution in [0.1, 0.15) is 36.7 Å². The molecule has 0 saturated heterocycles. The Labute approximate surface area is 180 Å². The molecule has 30 heavy (non-hydrogen) atoms. The molecule has 0 amide bonds. The average Bonchev–Trinajstić information content (AvgIpc) is 2.77. The summed E-state index contributed by atoms with van der Waals surface area (Å²) >= 11 is 1.29. The van der Waals surface area contributed by atoms with Crippen LogP contribution in [0.2, 0.25) is 0 Å². The number of carboxylic acid groups (broad SMARTS) is 1. The molecule has 0 saturated carbocycles. The molecule has 0 fully saturated rings. The molecule has 9 nitrogen and oxygen atoms in total. The van der Waals surface area contributed by atoms with Crippen LogP contribution in [0, 0.1) is 0 Å². The van der Waals surface area contributed by atoms with E-state index in [9.17, 15) is 9.90 Å². The summed E-state index contributed by atoms with van der Waals surface area (Å²) in [6.07, 6.45) is 1.96. The van der Waals surface area contributed by atoms with E-state index in [4.69, 9.17) is 24.7 Å². The molecule has 0 spiro atoms. The van der Waals surface area contributed by atoms with Gasteiger partial charge in [0.2, 0.25) is 5.90 Å². The lowest BCUT2D eigenvalue weighted by atomic mass is 10.1. The Morgan fingerprint density at radius 2 is 2.00 bits per heavy atom. The topological polar surface area (TPSA) is 125 Å². The number of hydrogen-bond donors (Lipinski definition) is 3. The highest BCUT2D eigenvalue weighted by Crippen LogP contribution is 2.36. The van der Waals surface area contributed by atoms with Gasteiger partial charge in [0.1, 0.15) is 16.7 Å². The maximum Gasteiger partial charge on any atom is 0.340 e. The number of nitrogens with two attached hydrogens (primary N) is 1. The molecule has 1 heterocycles. The summed E-state index contributed by atoms with van der Waals surface area (Å²) in [5, 5.41) is 12.7. The third kappa shape index (κ3) is 6.60. The number of nitrogens with one attached hydrogen (secondary N) is 1. The summed E-state index contributed by atoms with van der Waals surface area (Å²) in [4.78, 5) is 16.7. The Bertz CT molecular complexity index is 810. The molecule has 1 aromatic carbocycles. The zero-order chi connectivity index (χ0) is 22.7. The van der Waals surface area contributed by atoms with E-state index in [0.29, 0.717) is 16.4 Å². The summed E-state index contributed by atoms with van der Waals surface area (Å²) < 4.78 is 21.3. The second-order valence-corrected chi connectivity index (χ2v) is 6.77. The van der Waals surface area contributed by atoms with Crippen LogP contribution in [-0.4, -0.2) is 50.1 Å². The van der Waals surface area contributed by atoms with E-state index in [1.165, 1.54) is 32.2 Å². The van der Waals surface area contributed by atoms with Gasteiger partial charge in [-0.1, -0.05) is 37.7 Å². The van der Waals surface area contributed by atoms with Crippen molar-refractivity contribution in [2.24, 2.45) is 10.7 Å². The van der Waals surface area contributed by atoms with E-state index in [1.807, 2.05) is 20.8 Å². The number of ether oxygens (including phenoxy) is 4. The van der Waals surface area contributed by atoms with Gasteiger partial charge in [0.15, 0.2) is 5.88 Å². The van der Waals surface area contributed by atoms with Gasteiger partial charge in [0, 0.05) is 23.8 Å². The molecule has 0 bridgehead atoms. The number of thioether (sulfide) groups is 1. The van der Waals surface area contributed by atoms with Gasteiger partial charge in [0.25, 0.3) is 6.35 Å². The van der Waals surface area contributed by atoms with Crippen LogP contribution in [-0.2, 0) is 14.2 Å². The van der Waals surface area contributed by atoms with Gasteiger partial charge in [-0.25, -0.2) is 4.79 Å². The first-order valence-corrected chi connectivity index (χ1v) is 10.1. The quantitative estimate of drug-likeness (QED) is 0.524. The highest BCUT2D eigenvalue weighted by molar-refractivity contribution is 8.08. The monoisotopic (exact) mass is 439 g/mol. The maximum atomic E-state index is 12.0. The smallest absolute Gasteiger partial charge is 0.340 e. The Morgan fingerprint density at radius 3 is 2.53 bits per heavy atom. The lowest BCUT2D eigenvalue weighted by molar-refractivity contribution is 0.0685. The zero-order valence-electron chi connectivity index (χ0n) is 18.0. The first-order chi connectivity index (χ1) is 14.4. The molecular formula is C20H29N3O6S. The zero-order valence-corrected chi connectivity index (χ0v) is 18.8. The Kier molecular flexibility index (Phi) is 10.6. The Morgan fingerprint density at radius 1 is 1.30 bits per heavy atom. The van der Waals surface area contributed by atoms with Gasteiger partial charge in [-0.3, -0.25) is 0 Å². The summed E-state index contributed by atoms with van der Waals surface area (Å²) in [5.74, 6) is -0.397. The fourth-order valence-electron chi connectivity index (χ4n) is 2.34. The fraction of sp³-hybridized carbons (Fsp3) is 0.400. The van der Waals surface area contributed by atoms with Crippen molar-refractivity contribution in [3.63, 3.8) is 0 Å². The standard InChI is InChI=1S/C18H23N3O6S.C2H6/c1-10(24-2)28-13(9-19)11-6-5-7-12(16(11)17(22)23)27-18-20-14(25-3)8-15(21-18)26-4;1-2/h5-10,18,20H,19H2,1-4H3,(H,22,23);1-2H3/b13-9-;. The number of methoxy groups -OCH3 is 3. The lowest BCUT2D eigenvalue weighted by Crippen LogP contribution is -2.37. The first kappa shape index (κ1) is 25.2. The molecule has 2 rings (SSSR count). The normalized spacial score (nSPS) is 16.7. The summed E-state index contributed by atoms with van der Waals surface area (Å²) in [6, 6.07) is 4.87. The van der Waals surface area contributed by atoms with Crippen molar-refractivity contribution < 1.29 is 28.8 Å². The van der Waals surface area contributed by atoms with E-state index in [0.717, 1.165) is 0 Å². The highest BCUT2D eigenvalue weighted by Gasteiger charge is 2.24. The highest BCUT2D eigenvalue weighted by atomic mass is 32.2. The summed E-state index contributed by atoms with van der Waals surface area (Å²) in [6.45, 7) is 5.83. The van der Waals surface area contributed by atoms with Crippen LogP contribution < -0.4 is 15.8 Å². The number of nitrogens with zero attached hydrogens (tertiary/aromatic N) is 1. The van der Waals surface area contributed by atoms with Crippen LogP contribution in [0.15, 0.2) is 41.4 Å². The molecule has 2 unspecified atom stereocenters. The van der Waals surface area contributed by atoms with Crippen molar-refractivity contribution in [3.05, 3.63) is 47.5 Å². The van der Waals surface area contributed by atoms with E-state index in [1.54, 1.807) is 31.4 Å². The van der Waals surface area contributed by atoms with E-state index < -0.39 is 12.3 Å². The molecule has 2 atom stereocenters. The predicted octanol–water partition coefficient (Wildman–Crippen LogP) is 3.19. The van der Waals surface area contributed by atoms with Gasteiger partial charge in [-0.05, 0) is 13.0 Å².